The topological polar surface area (TPSA) is 30.5 Å². The summed E-state index contributed by atoms with van der Waals surface area (Å²) >= 11 is 0. The Morgan fingerprint density at radius 1 is 1.00 bits per heavy atom. The van der Waals surface area contributed by atoms with Gasteiger partial charge in [-0.1, -0.05) is 0 Å². The van der Waals surface area contributed by atoms with Gasteiger partial charge in [-0.3, -0.25) is 0 Å². The van der Waals surface area contributed by atoms with Crippen LogP contribution < -0.4 is 5.32 Å². The monoisotopic (exact) mass is 243 g/mol. The molecule has 6 heteroatoms. The van der Waals surface area contributed by atoms with Crippen LogP contribution in [0.15, 0.2) is 0 Å². The second kappa shape index (κ2) is 9.86. The molecule has 0 radical (unpaired) electrons. The molecule has 98 valence electrons. The second-order valence-electron chi connectivity index (χ2n) is 3.28. The van der Waals surface area contributed by atoms with Crippen LogP contribution in [0, 0.1) is 0 Å². The van der Waals surface area contributed by atoms with Crippen LogP contribution in [0.4, 0.5) is 13.2 Å². The van der Waals surface area contributed by atoms with E-state index in [0.717, 1.165) is 6.54 Å². The largest absolute Gasteiger partial charge is 0.389 e. The van der Waals surface area contributed by atoms with Crippen LogP contribution in [0.3, 0.4) is 0 Å². The van der Waals surface area contributed by atoms with Gasteiger partial charge in [-0.25, -0.2) is 0 Å². The summed E-state index contributed by atoms with van der Waals surface area (Å²) in [6, 6.07) is 0. The van der Waals surface area contributed by atoms with E-state index >= 15 is 0 Å². The highest BCUT2D eigenvalue weighted by Crippen LogP contribution is 2.20. The van der Waals surface area contributed by atoms with Crippen LogP contribution in [-0.4, -0.2) is 45.7 Å². The maximum absolute atomic E-state index is 11.7. The summed E-state index contributed by atoms with van der Waals surface area (Å²) in [4.78, 5) is 0. The first-order valence-corrected chi connectivity index (χ1v) is 5.49. The molecule has 0 heterocycles. The molecule has 0 amide bonds. The Labute approximate surface area is 94.3 Å². The Bertz CT molecular complexity index is 153. The predicted molar refractivity (Wildman–Crippen MR) is 55.5 cm³/mol. The van der Waals surface area contributed by atoms with Crippen molar-refractivity contribution >= 4 is 0 Å². The predicted octanol–water partition coefficient (Wildman–Crippen LogP) is 1.97. The smallest absolute Gasteiger partial charge is 0.380 e. The van der Waals surface area contributed by atoms with Crippen molar-refractivity contribution in [3.8, 4) is 0 Å². The Hall–Kier alpha value is -0.330. The highest BCUT2D eigenvalue weighted by molar-refractivity contribution is 4.50. The lowest BCUT2D eigenvalue weighted by molar-refractivity contribution is -0.137. The lowest BCUT2D eigenvalue weighted by Gasteiger charge is -2.07. The summed E-state index contributed by atoms with van der Waals surface area (Å²) in [6.45, 7) is 5.22. The van der Waals surface area contributed by atoms with Crippen molar-refractivity contribution < 1.29 is 22.6 Å². The third-order valence-corrected chi connectivity index (χ3v) is 1.80. The molecule has 0 atom stereocenters. The summed E-state index contributed by atoms with van der Waals surface area (Å²) in [5.74, 6) is 0. The number of hydrogen-bond donors (Lipinski definition) is 1. The third-order valence-electron chi connectivity index (χ3n) is 1.80. The number of nitrogens with one attached hydrogen (secondary N) is 1. The lowest BCUT2D eigenvalue weighted by atomic mass is 10.3. The van der Waals surface area contributed by atoms with Crippen molar-refractivity contribution in [3.05, 3.63) is 0 Å². The number of alkyl halides is 3. The molecule has 0 aromatic heterocycles. The van der Waals surface area contributed by atoms with E-state index < -0.39 is 12.6 Å². The Kier molecular flexibility index (Phi) is 9.66. The van der Waals surface area contributed by atoms with Gasteiger partial charge in [0, 0.05) is 32.7 Å². The Morgan fingerprint density at radius 3 is 2.19 bits per heavy atom. The summed E-state index contributed by atoms with van der Waals surface area (Å²) in [7, 11) is 0. The summed E-state index contributed by atoms with van der Waals surface area (Å²) in [5, 5.41) is 3.06. The quantitative estimate of drug-likeness (QED) is 0.595. The normalized spacial score (nSPS) is 12.0. The molecule has 0 aliphatic carbocycles. The van der Waals surface area contributed by atoms with Gasteiger partial charge < -0.3 is 14.8 Å². The van der Waals surface area contributed by atoms with Crippen molar-refractivity contribution in [2.24, 2.45) is 0 Å². The zero-order chi connectivity index (χ0) is 12.3. The molecule has 0 bridgehead atoms. The minimum absolute atomic E-state index is 0.0302. The molecule has 0 aliphatic heterocycles. The van der Waals surface area contributed by atoms with Crippen molar-refractivity contribution in [2.75, 3.05) is 39.5 Å². The fourth-order valence-electron chi connectivity index (χ4n) is 1.03. The van der Waals surface area contributed by atoms with Crippen LogP contribution in [0.1, 0.15) is 19.8 Å². The molecular weight excluding hydrogens is 223 g/mol. The maximum Gasteiger partial charge on any atom is 0.389 e. The summed E-state index contributed by atoms with van der Waals surface area (Å²) in [5.41, 5.74) is 0. The van der Waals surface area contributed by atoms with E-state index in [1.54, 1.807) is 0 Å². The molecule has 16 heavy (non-hydrogen) atoms. The van der Waals surface area contributed by atoms with Gasteiger partial charge in [0.15, 0.2) is 0 Å². The molecular formula is C10H20F3NO2. The number of ether oxygens (including phenoxy) is 2. The molecule has 0 aromatic carbocycles. The van der Waals surface area contributed by atoms with Gasteiger partial charge in [0.05, 0.1) is 13.2 Å². The molecule has 0 spiro atoms. The van der Waals surface area contributed by atoms with Crippen molar-refractivity contribution in [2.45, 2.75) is 25.9 Å². The average Bonchev–Trinajstić information content (AvgIpc) is 2.19. The summed E-state index contributed by atoms with van der Waals surface area (Å²) < 4.78 is 45.3. The van der Waals surface area contributed by atoms with Crippen LogP contribution in [-0.2, 0) is 9.47 Å². The Balaban J connectivity index is 2.99. The van der Waals surface area contributed by atoms with Gasteiger partial charge in [-0.05, 0) is 13.3 Å². The van der Waals surface area contributed by atoms with Crippen LogP contribution in [0.5, 0.6) is 0 Å². The van der Waals surface area contributed by atoms with E-state index in [2.05, 4.69) is 5.32 Å². The number of rotatable bonds is 10. The molecule has 0 saturated heterocycles. The maximum atomic E-state index is 11.7. The van der Waals surface area contributed by atoms with Crippen molar-refractivity contribution in [1.82, 2.24) is 5.32 Å². The third kappa shape index (κ3) is 13.7. The van der Waals surface area contributed by atoms with Gasteiger partial charge in [0.1, 0.15) is 0 Å². The first-order chi connectivity index (χ1) is 7.56. The van der Waals surface area contributed by atoms with Crippen LogP contribution in [0.2, 0.25) is 0 Å². The minimum atomic E-state index is -4.07. The SMILES string of the molecule is CCOCCNCCOCCCC(F)(F)F. The van der Waals surface area contributed by atoms with E-state index in [0.29, 0.717) is 26.4 Å². The molecule has 0 unspecified atom stereocenters. The van der Waals surface area contributed by atoms with E-state index in [-0.39, 0.29) is 13.0 Å². The molecule has 0 aromatic rings. The highest BCUT2D eigenvalue weighted by atomic mass is 19.4. The highest BCUT2D eigenvalue weighted by Gasteiger charge is 2.25. The molecule has 3 nitrogen and oxygen atoms in total. The zero-order valence-corrected chi connectivity index (χ0v) is 9.61. The van der Waals surface area contributed by atoms with Gasteiger partial charge in [-0.2, -0.15) is 13.2 Å². The van der Waals surface area contributed by atoms with Gasteiger partial charge in [0.2, 0.25) is 0 Å². The van der Waals surface area contributed by atoms with E-state index in [1.807, 2.05) is 6.92 Å². The second-order valence-corrected chi connectivity index (χ2v) is 3.28. The minimum Gasteiger partial charge on any atom is -0.380 e. The molecule has 0 fully saturated rings. The summed E-state index contributed by atoms with van der Waals surface area (Å²) in [6.07, 6.45) is -4.81. The van der Waals surface area contributed by atoms with Gasteiger partial charge in [-0.15, -0.1) is 0 Å². The molecule has 0 aliphatic rings. The fourth-order valence-corrected chi connectivity index (χ4v) is 1.03. The van der Waals surface area contributed by atoms with Crippen LogP contribution >= 0.6 is 0 Å². The standard InChI is InChI=1S/C10H20F3NO2/c1-2-15-8-5-14-6-9-16-7-3-4-10(11,12)13/h14H,2-9H2,1H3. The number of hydrogen-bond acceptors (Lipinski definition) is 3. The van der Waals surface area contributed by atoms with Crippen LogP contribution in [0.25, 0.3) is 0 Å². The van der Waals surface area contributed by atoms with E-state index in [9.17, 15) is 13.2 Å². The fraction of sp³-hybridized carbons (Fsp3) is 1.00. The van der Waals surface area contributed by atoms with E-state index in [1.165, 1.54) is 0 Å². The number of halogens is 3. The first-order valence-electron chi connectivity index (χ1n) is 5.49. The molecule has 1 N–H and O–H groups in total. The molecule has 0 saturated carbocycles. The lowest BCUT2D eigenvalue weighted by Crippen LogP contribution is -2.24. The zero-order valence-electron chi connectivity index (χ0n) is 9.61. The van der Waals surface area contributed by atoms with E-state index in [4.69, 9.17) is 9.47 Å². The first kappa shape index (κ1) is 15.7. The van der Waals surface area contributed by atoms with Crippen molar-refractivity contribution in [1.29, 1.82) is 0 Å². The van der Waals surface area contributed by atoms with Crippen molar-refractivity contribution in [3.63, 3.8) is 0 Å². The molecule has 0 rings (SSSR count). The van der Waals surface area contributed by atoms with Gasteiger partial charge in [0.25, 0.3) is 0 Å². The average molecular weight is 243 g/mol. The Morgan fingerprint density at radius 2 is 1.62 bits per heavy atom. The van der Waals surface area contributed by atoms with Gasteiger partial charge >= 0.3 is 6.18 Å².